The van der Waals surface area contributed by atoms with Gasteiger partial charge < -0.3 is 10.0 Å². The molecule has 0 radical (unpaired) electrons. The molecule has 1 amide bonds. The maximum atomic E-state index is 13.2. The molecule has 0 aliphatic heterocycles. The summed E-state index contributed by atoms with van der Waals surface area (Å²) in [5, 5.41) is 9.25. The van der Waals surface area contributed by atoms with Gasteiger partial charge in [0.15, 0.2) is 0 Å². The van der Waals surface area contributed by atoms with Crippen LogP contribution in [0.5, 0.6) is 0 Å². The molecule has 5 heteroatoms. The zero-order chi connectivity index (χ0) is 15.4. The number of hydrogen-bond acceptors (Lipinski definition) is 2. The predicted octanol–water partition coefficient (Wildman–Crippen LogP) is 2.68. The summed E-state index contributed by atoms with van der Waals surface area (Å²) in [7, 11) is 1.64. The summed E-state index contributed by atoms with van der Waals surface area (Å²) in [4.78, 5) is 25.2. The lowest BCUT2D eigenvalue weighted by Gasteiger charge is -2.31. The highest BCUT2D eigenvalue weighted by molar-refractivity contribution is 5.84. The first-order valence-corrected chi connectivity index (χ1v) is 7.21. The topological polar surface area (TPSA) is 57.6 Å². The SMILES string of the molecule is CN(Cc1cccc(F)c1)C(=O)[C@@H]1CCCC[C@@H]1C(=O)O. The average molecular weight is 293 g/mol. The third-order valence-electron chi connectivity index (χ3n) is 4.09. The van der Waals surface area contributed by atoms with Gasteiger partial charge in [-0.2, -0.15) is 0 Å². The Bertz CT molecular complexity index is 532. The first-order valence-electron chi connectivity index (χ1n) is 7.21. The highest BCUT2D eigenvalue weighted by Crippen LogP contribution is 2.31. The molecule has 0 spiro atoms. The van der Waals surface area contributed by atoms with Crippen molar-refractivity contribution in [2.24, 2.45) is 11.8 Å². The van der Waals surface area contributed by atoms with Crippen LogP contribution in [0.4, 0.5) is 4.39 Å². The third kappa shape index (κ3) is 3.80. The number of nitrogens with zero attached hydrogens (tertiary/aromatic N) is 1. The Morgan fingerprint density at radius 3 is 2.57 bits per heavy atom. The van der Waals surface area contributed by atoms with Gasteiger partial charge in [0.2, 0.25) is 5.91 Å². The molecule has 0 aromatic heterocycles. The molecule has 0 bridgehead atoms. The van der Waals surface area contributed by atoms with Gasteiger partial charge in [-0.15, -0.1) is 0 Å². The Labute approximate surface area is 123 Å². The molecule has 1 fully saturated rings. The summed E-state index contributed by atoms with van der Waals surface area (Å²) < 4.78 is 13.2. The molecule has 21 heavy (non-hydrogen) atoms. The minimum atomic E-state index is -0.896. The zero-order valence-electron chi connectivity index (χ0n) is 12.1. The molecular weight excluding hydrogens is 273 g/mol. The van der Waals surface area contributed by atoms with Gasteiger partial charge >= 0.3 is 5.97 Å². The van der Waals surface area contributed by atoms with E-state index in [1.165, 1.54) is 17.0 Å². The largest absolute Gasteiger partial charge is 0.481 e. The molecule has 1 aliphatic carbocycles. The van der Waals surface area contributed by atoms with E-state index >= 15 is 0 Å². The van der Waals surface area contributed by atoms with Gasteiger partial charge in [-0.25, -0.2) is 4.39 Å². The maximum Gasteiger partial charge on any atom is 0.307 e. The molecule has 1 N–H and O–H groups in total. The van der Waals surface area contributed by atoms with E-state index < -0.39 is 17.8 Å². The van der Waals surface area contributed by atoms with Crippen LogP contribution in [0.15, 0.2) is 24.3 Å². The second-order valence-corrected chi connectivity index (χ2v) is 5.66. The third-order valence-corrected chi connectivity index (χ3v) is 4.09. The van der Waals surface area contributed by atoms with Gasteiger partial charge in [0.25, 0.3) is 0 Å². The molecule has 1 saturated carbocycles. The van der Waals surface area contributed by atoms with Crippen molar-refractivity contribution < 1.29 is 19.1 Å². The zero-order valence-corrected chi connectivity index (χ0v) is 12.1. The lowest BCUT2D eigenvalue weighted by molar-refractivity contribution is -0.152. The van der Waals surface area contributed by atoms with E-state index in [1.807, 2.05) is 0 Å². The monoisotopic (exact) mass is 293 g/mol. The van der Waals surface area contributed by atoms with E-state index in [9.17, 15) is 19.1 Å². The average Bonchev–Trinajstić information content (AvgIpc) is 2.46. The number of carboxylic acid groups (broad SMARTS) is 1. The Kier molecular flexibility index (Phi) is 4.94. The lowest BCUT2D eigenvalue weighted by Crippen LogP contribution is -2.40. The highest BCUT2D eigenvalue weighted by Gasteiger charge is 2.36. The number of carboxylic acids is 1. The highest BCUT2D eigenvalue weighted by atomic mass is 19.1. The molecule has 0 heterocycles. The fourth-order valence-electron chi connectivity index (χ4n) is 2.99. The summed E-state index contributed by atoms with van der Waals surface area (Å²) >= 11 is 0. The van der Waals surface area contributed by atoms with Crippen LogP contribution < -0.4 is 0 Å². The van der Waals surface area contributed by atoms with Crippen molar-refractivity contribution in [2.75, 3.05) is 7.05 Å². The Hall–Kier alpha value is -1.91. The maximum absolute atomic E-state index is 13.2. The molecule has 1 aliphatic rings. The molecule has 0 saturated heterocycles. The molecule has 2 rings (SSSR count). The molecule has 0 unspecified atom stereocenters. The van der Waals surface area contributed by atoms with Crippen LogP contribution in [0.25, 0.3) is 0 Å². The second-order valence-electron chi connectivity index (χ2n) is 5.66. The van der Waals surface area contributed by atoms with E-state index in [0.29, 0.717) is 24.9 Å². The summed E-state index contributed by atoms with van der Waals surface area (Å²) in [5.41, 5.74) is 0.702. The van der Waals surface area contributed by atoms with Crippen LogP contribution in [0.3, 0.4) is 0 Å². The van der Waals surface area contributed by atoms with E-state index in [2.05, 4.69) is 0 Å². The van der Waals surface area contributed by atoms with Crippen molar-refractivity contribution in [3.63, 3.8) is 0 Å². The van der Waals surface area contributed by atoms with Crippen LogP contribution in [-0.2, 0) is 16.1 Å². The number of carbonyl (C=O) groups is 2. The normalized spacial score (nSPS) is 21.8. The van der Waals surface area contributed by atoms with Crippen molar-refractivity contribution in [3.8, 4) is 0 Å². The number of halogens is 1. The first-order chi connectivity index (χ1) is 9.99. The van der Waals surface area contributed by atoms with Crippen molar-refractivity contribution >= 4 is 11.9 Å². The van der Waals surface area contributed by atoms with Crippen LogP contribution in [0, 0.1) is 17.7 Å². The fourth-order valence-corrected chi connectivity index (χ4v) is 2.99. The van der Waals surface area contributed by atoms with Crippen molar-refractivity contribution in [1.29, 1.82) is 0 Å². The molecule has 1 aromatic carbocycles. The molecule has 1 aromatic rings. The quantitative estimate of drug-likeness (QED) is 0.928. The van der Waals surface area contributed by atoms with Crippen molar-refractivity contribution in [1.82, 2.24) is 4.90 Å². The minimum Gasteiger partial charge on any atom is -0.481 e. The molecule has 2 atom stereocenters. The van der Waals surface area contributed by atoms with E-state index in [-0.39, 0.29) is 11.7 Å². The van der Waals surface area contributed by atoms with Crippen LogP contribution in [-0.4, -0.2) is 28.9 Å². The van der Waals surface area contributed by atoms with E-state index in [4.69, 9.17) is 0 Å². The van der Waals surface area contributed by atoms with Crippen molar-refractivity contribution in [2.45, 2.75) is 32.2 Å². The Morgan fingerprint density at radius 1 is 1.29 bits per heavy atom. The van der Waals surface area contributed by atoms with Crippen LogP contribution in [0.2, 0.25) is 0 Å². The van der Waals surface area contributed by atoms with E-state index in [1.54, 1.807) is 19.2 Å². The van der Waals surface area contributed by atoms with Crippen LogP contribution >= 0.6 is 0 Å². The number of benzene rings is 1. The molecule has 4 nitrogen and oxygen atoms in total. The van der Waals surface area contributed by atoms with Gasteiger partial charge in [0.1, 0.15) is 5.82 Å². The molecular formula is C16H20FNO3. The van der Waals surface area contributed by atoms with E-state index in [0.717, 1.165) is 12.8 Å². The number of hydrogen-bond donors (Lipinski definition) is 1. The summed E-state index contributed by atoms with van der Waals surface area (Å²) in [5.74, 6) is -2.45. The second kappa shape index (κ2) is 6.70. The van der Waals surface area contributed by atoms with Gasteiger partial charge in [-0.05, 0) is 30.5 Å². The summed E-state index contributed by atoms with van der Waals surface area (Å²) in [6.07, 6.45) is 2.91. The van der Waals surface area contributed by atoms with Crippen LogP contribution in [0.1, 0.15) is 31.2 Å². The van der Waals surface area contributed by atoms with Gasteiger partial charge in [-0.1, -0.05) is 25.0 Å². The summed E-state index contributed by atoms with van der Waals surface area (Å²) in [6, 6.07) is 6.10. The number of rotatable bonds is 4. The first kappa shape index (κ1) is 15.5. The van der Waals surface area contributed by atoms with Crippen molar-refractivity contribution in [3.05, 3.63) is 35.6 Å². The fraction of sp³-hybridized carbons (Fsp3) is 0.500. The Balaban J connectivity index is 2.05. The number of aliphatic carboxylic acids is 1. The minimum absolute atomic E-state index is 0.161. The number of carbonyl (C=O) groups excluding carboxylic acids is 1. The summed E-state index contributed by atoms with van der Waals surface area (Å²) in [6.45, 7) is 0.291. The van der Waals surface area contributed by atoms with Gasteiger partial charge in [-0.3, -0.25) is 9.59 Å². The Morgan fingerprint density at radius 2 is 1.95 bits per heavy atom. The van der Waals surface area contributed by atoms with Gasteiger partial charge in [0, 0.05) is 13.6 Å². The van der Waals surface area contributed by atoms with Gasteiger partial charge in [0.05, 0.1) is 11.8 Å². The lowest BCUT2D eigenvalue weighted by atomic mass is 9.78. The smallest absolute Gasteiger partial charge is 0.307 e. The standard InChI is InChI=1S/C16H20FNO3/c1-18(10-11-5-4-6-12(17)9-11)15(19)13-7-2-3-8-14(13)16(20)21/h4-6,9,13-14H,2-3,7-8,10H2,1H3,(H,20,21)/t13-,14+/m1/s1. The predicted molar refractivity (Wildman–Crippen MR) is 76.0 cm³/mol. The molecule has 114 valence electrons. The number of amides is 1.